The molecule has 0 saturated carbocycles. The first kappa shape index (κ1) is 24.6. The van der Waals surface area contributed by atoms with E-state index in [1.807, 2.05) is 0 Å². The van der Waals surface area contributed by atoms with E-state index in [0.717, 1.165) is 6.07 Å². The van der Waals surface area contributed by atoms with E-state index in [2.05, 4.69) is 20.6 Å². The molecular weight excluding hydrogens is 484 g/mol. The fraction of sp³-hybridized carbons (Fsp3) is 0.381. The number of aromatic nitrogens is 2. The van der Waals surface area contributed by atoms with Crippen LogP contribution in [-0.2, 0) is 12.4 Å². The standard InChI is InChI=1S/C21H19F6N5O3/c1-2-34-18-16(30-19(33)32-5-3-28-4-6-32)29-14-10-15(35-17(14)31-18)11-7-12(20(22,23)24)9-13(8-11)21(25,26)27/h7-10,28H,2-6H2,1H3,(H,29,30,33). The lowest BCUT2D eigenvalue weighted by molar-refractivity contribution is -0.143. The minimum atomic E-state index is -5.01. The molecule has 1 aromatic carbocycles. The van der Waals surface area contributed by atoms with Gasteiger partial charge in [-0.15, -0.1) is 0 Å². The number of furan rings is 1. The number of piperazine rings is 1. The molecular formula is C21H19F6N5O3. The highest BCUT2D eigenvalue weighted by atomic mass is 19.4. The van der Waals surface area contributed by atoms with E-state index in [1.54, 1.807) is 11.8 Å². The van der Waals surface area contributed by atoms with Crippen LogP contribution in [0.25, 0.3) is 22.6 Å². The van der Waals surface area contributed by atoms with Crippen molar-refractivity contribution < 1.29 is 40.3 Å². The molecule has 2 amide bonds. The van der Waals surface area contributed by atoms with Gasteiger partial charge in [-0.1, -0.05) is 0 Å². The Morgan fingerprint density at radius 2 is 1.69 bits per heavy atom. The number of carbonyl (C=O) groups is 1. The molecule has 3 heterocycles. The number of amides is 2. The summed E-state index contributed by atoms with van der Waals surface area (Å²) in [5.41, 5.74) is -3.61. The third-order valence-electron chi connectivity index (χ3n) is 5.11. The molecule has 188 valence electrons. The van der Waals surface area contributed by atoms with Crippen LogP contribution in [0.5, 0.6) is 5.88 Å². The predicted octanol–water partition coefficient (Wildman–Crippen LogP) is 4.76. The Morgan fingerprint density at radius 3 is 2.26 bits per heavy atom. The normalized spacial score (nSPS) is 14.9. The number of ether oxygens (including phenoxy) is 1. The van der Waals surface area contributed by atoms with Crippen molar-refractivity contribution >= 4 is 23.1 Å². The van der Waals surface area contributed by atoms with Gasteiger partial charge in [-0.25, -0.2) is 9.78 Å². The number of urea groups is 1. The Kier molecular flexibility index (Phi) is 6.49. The molecule has 8 nitrogen and oxygen atoms in total. The van der Waals surface area contributed by atoms with Gasteiger partial charge in [0, 0.05) is 37.8 Å². The van der Waals surface area contributed by atoms with Crippen molar-refractivity contribution in [2.45, 2.75) is 19.3 Å². The smallest absolute Gasteiger partial charge is 0.416 e. The van der Waals surface area contributed by atoms with Crippen LogP contribution >= 0.6 is 0 Å². The van der Waals surface area contributed by atoms with Gasteiger partial charge in [0.05, 0.1) is 17.7 Å². The van der Waals surface area contributed by atoms with E-state index in [9.17, 15) is 31.1 Å². The van der Waals surface area contributed by atoms with Crippen molar-refractivity contribution in [3.8, 4) is 17.2 Å². The summed E-state index contributed by atoms with van der Waals surface area (Å²) in [5, 5.41) is 5.69. The SMILES string of the molecule is CCOc1nc2oc(-c3cc(C(F)(F)F)cc(C(F)(F)F)c3)cc2nc1NC(=O)N1CCNCC1. The Morgan fingerprint density at radius 1 is 1.06 bits per heavy atom. The number of alkyl halides is 6. The van der Waals surface area contributed by atoms with E-state index in [4.69, 9.17) is 9.15 Å². The number of rotatable bonds is 4. The maximum absolute atomic E-state index is 13.2. The number of hydrogen-bond donors (Lipinski definition) is 2. The minimum Gasteiger partial charge on any atom is -0.475 e. The van der Waals surface area contributed by atoms with Crippen molar-refractivity contribution in [1.82, 2.24) is 20.2 Å². The van der Waals surface area contributed by atoms with Crippen LogP contribution in [-0.4, -0.2) is 53.7 Å². The van der Waals surface area contributed by atoms with Crippen molar-refractivity contribution in [2.75, 3.05) is 38.1 Å². The van der Waals surface area contributed by atoms with Crippen LogP contribution in [0.3, 0.4) is 0 Å². The van der Waals surface area contributed by atoms with Crippen LogP contribution in [0, 0.1) is 0 Å². The van der Waals surface area contributed by atoms with Crippen LogP contribution in [0.15, 0.2) is 28.7 Å². The van der Waals surface area contributed by atoms with Crippen molar-refractivity contribution in [3.63, 3.8) is 0 Å². The number of fused-ring (bicyclic) bond motifs is 1. The summed E-state index contributed by atoms with van der Waals surface area (Å²) in [6, 6.07) is 1.80. The number of nitrogens with one attached hydrogen (secondary N) is 2. The maximum Gasteiger partial charge on any atom is 0.416 e. The molecule has 0 aliphatic carbocycles. The zero-order valence-corrected chi connectivity index (χ0v) is 18.2. The molecule has 2 N–H and O–H groups in total. The van der Waals surface area contributed by atoms with E-state index in [1.165, 1.54) is 0 Å². The highest BCUT2D eigenvalue weighted by Gasteiger charge is 2.37. The van der Waals surface area contributed by atoms with Gasteiger partial charge in [0.2, 0.25) is 5.71 Å². The summed E-state index contributed by atoms with van der Waals surface area (Å²) in [5.74, 6) is -0.482. The zero-order chi connectivity index (χ0) is 25.4. The Bertz CT molecular complexity index is 1200. The summed E-state index contributed by atoms with van der Waals surface area (Å²) in [4.78, 5) is 22.4. The second kappa shape index (κ2) is 9.24. The molecule has 1 saturated heterocycles. The van der Waals surface area contributed by atoms with E-state index in [-0.39, 0.29) is 41.4 Å². The lowest BCUT2D eigenvalue weighted by Crippen LogP contribution is -2.48. The molecule has 3 aromatic rings. The van der Waals surface area contributed by atoms with Crippen molar-refractivity contribution in [1.29, 1.82) is 0 Å². The molecule has 1 aliphatic rings. The molecule has 1 fully saturated rings. The summed E-state index contributed by atoms with van der Waals surface area (Å²) >= 11 is 0. The van der Waals surface area contributed by atoms with Crippen molar-refractivity contribution in [2.24, 2.45) is 0 Å². The molecule has 0 radical (unpaired) electrons. The Balaban J connectivity index is 1.75. The number of hydrogen-bond acceptors (Lipinski definition) is 6. The predicted molar refractivity (Wildman–Crippen MR) is 112 cm³/mol. The van der Waals surface area contributed by atoms with Gasteiger partial charge in [-0.05, 0) is 25.1 Å². The molecule has 35 heavy (non-hydrogen) atoms. The fourth-order valence-electron chi connectivity index (χ4n) is 3.45. The number of benzene rings is 1. The quantitative estimate of drug-likeness (QED) is 0.499. The maximum atomic E-state index is 13.2. The minimum absolute atomic E-state index is 0.00466. The van der Waals surface area contributed by atoms with Gasteiger partial charge in [-0.2, -0.15) is 31.3 Å². The first-order valence-electron chi connectivity index (χ1n) is 10.5. The number of anilines is 1. The topological polar surface area (TPSA) is 92.5 Å². The summed E-state index contributed by atoms with van der Waals surface area (Å²) < 4.78 is 90.2. The van der Waals surface area contributed by atoms with Gasteiger partial charge < -0.3 is 19.4 Å². The van der Waals surface area contributed by atoms with Crippen LogP contribution in [0.1, 0.15) is 18.1 Å². The van der Waals surface area contributed by atoms with Gasteiger partial charge >= 0.3 is 18.4 Å². The fourth-order valence-corrected chi connectivity index (χ4v) is 3.45. The number of carbonyl (C=O) groups excluding carboxylic acids is 1. The van der Waals surface area contributed by atoms with Gasteiger partial charge in [0.1, 0.15) is 11.3 Å². The second-order valence-electron chi connectivity index (χ2n) is 7.57. The van der Waals surface area contributed by atoms with Crippen molar-refractivity contribution in [3.05, 3.63) is 35.4 Å². The average molecular weight is 503 g/mol. The number of halogens is 6. The third-order valence-corrected chi connectivity index (χ3v) is 5.11. The molecule has 0 atom stereocenters. The molecule has 2 aromatic heterocycles. The van der Waals surface area contributed by atoms with Crippen LogP contribution in [0.2, 0.25) is 0 Å². The summed E-state index contributed by atoms with van der Waals surface area (Å²) in [6.45, 7) is 3.93. The van der Waals surface area contributed by atoms with Crippen LogP contribution < -0.4 is 15.4 Å². The van der Waals surface area contributed by atoms with E-state index < -0.39 is 35.1 Å². The van der Waals surface area contributed by atoms with Crippen LogP contribution in [0.4, 0.5) is 37.0 Å². The lowest BCUT2D eigenvalue weighted by atomic mass is 10.0. The van der Waals surface area contributed by atoms with E-state index in [0.29, 0.717) is 38.3 Å². The highest BCUT2D eigenvalue weighted by molar-refractivity contribution is 5.91. The lowest BCUT2D eigenvalue weighted by Gasteiger charge is -2.27. The Labute approximate surface area is 194 Å². The monoisotopic (exact) mass is 503 g/mol. The first-order valence-corrected chi connectivity index (χ1v) is 10.5. The molecule has 4 rings (SSSR count). The largest absolute Gasteiger partial charge is 0.475 e. The summed E-state index contributed by atoms with van der Waals surface area (Å²) in [7, 11) is 0. The van der Waals surface area contributed by atoms with Gasteiger partial charge in [0.25, 0.3) is 5.88 Å². The highest BCUT2D eigenvalue weighted by Crippen LogP contribution is 2.39. The molecule has 14 heteroatoms. The first-order chi connectivity index (χ1) is 16.5. The zero-order valence-electron chi connectivity index (χ0n) is 18.2. The second-order valence-corrected chi connectivity index (χ2v) is 7.57. The molecule has 0 spiro atoms. The van der Waals surface area contributed by atoms with Gasteiger partial charge in [0.15, 0.2) is 5.82 Å². The third kappa shape index (κ3) is 5.42. The Hall–Kier alpha value is -3.55. The average Bonchev–Trinajstić information content (AvgIpc) is 3.21. The molecule has 0 bridgehead atoms. The number of nitrogens with zero attached hydrogens (tertiary/aromatic N) is 3. The summed E-state index contributed by atoms with van der Waals surface area (Å²) in [6.07, 6.45) is -10.0. The molecule has 1 aliphatic heterocycles. The molecule has 0 unspecified atom stereocenters. The van der Waals surface area contributed by atoms with Gasteiger partial charge in [-0.3, -0.25) is 5.32 Å². The van der Waals surface area contributed by atoms with E-state index >= 15 is 0 Å².